The number of hydrogen-bond donors (Lipinski definition) is 4. The number of aliphatic hydroxyl groups is 1. The molecule has 3 rings (SSSR count). The van der Waals surface area contributed by atoms with E-state index in [1.165, 1.54) is 0 Å². The Bertz CT molecular complexity index is 1020. The fourth-order valence-corrected chi connectivity index (χ4v) is 3.18. The van der Waals surface area contributed by atoms with E-state index in [0.717, 1.165) is 12.5 Å². The van der Waals surface area contributed by atoms with Crippen molar-refractivity contribution in [2.75, 3.05) is 11.9 Å². The van der Waals surface area contributed by atoms with Crippen LogP contribution in [-0.4, -0.2) is 41.2 Å². The highest BCUT2D eigenvalue weighted by atomic mass is 19.4. The molecule has 0 fully saturated rings. The van der Waals surface area contributed by atoms with Crippen LogP contribution in [0.2, 0.25) is 0 Å². The lowest BCUT2D eigenvalue weighted by Gasteiger charge is -2.25. The standard InChI is InChI=1S/C21H20F3N3O4/c1-20(31,18(29)25-11-10-21(22,23)24)19(30)27-16-14-8-3-2-6-12(14)13-7-4-5-9-15(13)26-17(16)28/h2-9,16,31H,10-11H2,1H3,(H,25,29)(H,26,28)(H,27,30)/t16-,20?/m0/s1. The van der Waals surface area contributed by atoms with Crippen LogP contribution in [0.1, 0.15) is 24.9 Å². The van der Waals surface area contributed by atoms with Crippen molar-refractivity contribution in [1.82, 2.24) is 10.6 Å². The third-order valence-electron chi connectivity index (χ3n) is 4.86. The first-order valence-corrected chi connectivity index (χ1v) is 9.38. The van der Waals surface area contributed by atoms with E-state index in [0.29, 0.717) is 16.8 Å². The molecule has 4 N–H and O–H groups in total. The van der Waals surface area contributed by atoms with Gasteiger partial charge in [0.25, 0.3) is 17.7 Å². The second-order valence-corrected chi connectivity index (χ2v) is 7.22. The number of fused-ring (bicyclic) bond motifs is 3. The second-order valence-electron chi connectivity index (χ2n) is 7.22. The van der Waals surface area contributed by atoms with E-state index < -0.39 is 48.5 Å². The molecule has 2 aromatic carbocycles. The zero-order chi connectivity index (χ0) is 22.8. The monoisotopic (exact) mass is 435 g/mol. The topological polar surface area (TPSA) is 108 Å². The summed E-state index contributed by atoms with van der Waals surface area (Å²) in [6.45, 7) is 0.0499. The van der Waals surface area contributed by atoms with Crippen molar-refractivity contribution < 1.29 is 32.7 Å². The predicted molar refractivity (Wildman–Crippen MR) is 106 cm³/mol. The highest BCUT2D eigenvalue weighted by molar-refractivity contribution is 6.10. The number of para-hydroxylation sites is 1. The molecule has 1 aliphatic rings. The molecule has 2 aromatic rings. The van der Waals surface area contributed by atoms with Gasteiger partial charge in [-0.25, -0.2) is 0 Å². The lowest BCUT2D eigenvalue weighted by molar-refractivity contribution is -0.154. The molecule has 10 heteroatoms. The summed E-state index contributed by atoms with van der Waals surface area (Å²) in [7, 11) is 0. The average Bonchev–Trinajstić information content (AvgIpc) is 2.82. The normalized spacial score (nSPS) is 17.3. The number of nitrogens with one attached hydrogen (secondary N) is 3. The van der Waals surface area contributed by atoms with E-state index in [1.807, 2.05) is 5.32 Å². The number of halogens is 3. The zero-order valence-electron chi connectivity index (χ0n) is 16.4. The molecule has 7 nitrogen and oxygen atoms in total. The Morgan fingerprint density at radius 2 is 1.65 bits per heavy atom. The van der Waals surface area contributed by atoms with Gasteiger partial charge in [0.1, 0.15) is 6.04 Å². The summed E-state index contributed by atoms with van der Waals surface area (Å²) in [5.41, 5.74) is -0.351. The first-order chi connectivity index (χ1) is 14.5. The molecule has 0 bridgehead atoms. The molecule has 3 amide bonds. The zero-order valence-corrected chi connectivity index (χ0v) is 16.4. The maximum atomic E-state index is 12.8. The fraction of sp³-hybridized carbons (Fsp3) is 0.286. The Morgan fingerprint density at radius 1 is 1.03 bits per heavy atom. The summed E-state index contributed by atoms with van der Waals surface area (Å²) in [4.78, 5) is 37.6. The van der Waals surface area contributed by atoms with Gasteiger partial charge < -0.3 is 21.1 Å². The lowest BCUT2D eigenvalue weighted by Crippen LogP contribution is -2.56. The molecule has 1 unspecified atom stereocenters. The minimum Gasteiger partial charge on any atom is -0.372 e. The van der Waals surface area contributed by atoms with Crippen LogP contribution in [0.25, 0.3) is 11.1 Å². The summed E-state index contributed by atoms with van der Waals surface area (Å²) in [5.74, 6) is -3.13. The molecule has 0 saturated heterocycles. The van der Waals surface area contributed by atoms with Crippen LogP contribution in [0, 0.1) is 0 Å². The van der Waals surface area contributed by atoms with Gasteiger partial charge in [-0.05, 0) is 24.1 Å². The summed E-state index contributed by atoms with van der Waals surface area (Å²) in [5, 5.41) is 17.3. The van der Waals surface area contributed by atoms with Crippen LogP contribution >= 0.6 is 0 Å². The van der Waals surface area contributed by atoms with Crippen molar-refractivity contribution in [3.63, 3.8) is 0 Å². The van der Waals surface area contributed by atoms with Gasteiger partial charge in [-0.3, -0.25) is 14.4 Å². The first kappa shape index (κ1) is 22.3. The quantitative estimate of drug-likeness (QED) is 0.541. The van der Waals surface area contributed by atoms with Crippen LogP contribution in [0.4, 0.5) is 18.9 Å². The molecule has 2 atom stereocenters. The summed E-state index contributed by atoms with van der Waals surface area (Å²) < 4.78 is 36.8. The second kappa shape index (κ2) is 8.38. The van der Waals surface area contributed by atoms with Gasteiger partial charge in [0.15, 0.2) is 0 Å². The van der Waals surface area contributed by atoms with Crippen molar-refractivity contribution in [1.29, 1.82) is 0 Å². The van der Waals surface area contributed by atoms with E-state index >= 15 is 0 Å². The molecule has 0 aromatic heterocycles. The third kappa shape index (κ3) is 4.85. The predicted octanol–water partition coefficient (Wildman–Crippen LogP) is 2.28. The Balaban J connectivity index is 1.82. The van der Waals surface area contributed by atoms with Crippen LogP contribution < -0.4 is 16.0 Å². The van der Waals surface area contributed by atoms with E-state index in [2.05, 4.69) is 10.6 Å². The lowest BCUT2D eigenvalue weighted by atomic mass is 9.94. The Morgan fingerprint density at radius 3 is 2.32 bits per heavy atom. The molecular weight excluding hydrogens is 415 g/mol. The minimum absolute atomic E-state index is 0.437. The van der Waals surface area contributed by atoms with Crippen molar-refractivity contribution >= 4 is 23.4 Å². The third-order valence-corrected chi connectivity index (χ3v) is 4.86. The maximum absolute atomic E-state index is 12.8. The number of anilines is 1. The smallest absolute Gasteiger partial charge is 0.372 e. The highest BCUT2D eigenvalue weighted by Crippen LogP contribution is 2.37. The van der Waals surface area contributed by atoms with Crippen LogP contribution in [0.5, 0.6) is 0 Å². The highest BCUT2D eigenvalue weighted by Gasteiger charge is 2.42. The summed E-state index contributed by atoms with van der Waals surface area (Å²) >= 11 is 0. The molecule has 0 spiro atoms. The van der Waals surface area contributed by atoms with Crippen molar-refractivity contribution in [3.05, 3.63) is 54.1 Å². The molecular formula is C21H20F3N3O4. The summed E-state index contributed by atoms with van der Waals surface area (Å²) in [6.07, 6.45) is -5.81. The van der Waals surface area contributed by atoms with Gasteiger partial charge in [-0.1, -0.05) is 42.5 Å². The van der Waals surface area contributed by atoms with Gasteiger partial charge in [0, 0.05) is 17.8 Å². The van der Waals surface area contributed by atoms with Crippen molar-refractivity contribution in [2.45, 2.75) is 31.2 Å². The molecule has 164 valence electrons. The average molecular weight is 435 g/mol. The number of alkyl halides is 3. The van der Waals surface area contributed by atoms with E-state index in [9.17, 15) is 32.7 Å². The number of hydrogen-bond acceptors (Lipinski definition) is 4. The van der Waals surface area contributed by atoms with Gasteiger partial charge in [0.05, 0.1) is 6.42 Å². The molecule has 0 saturated carbocycles. The number of carbonyl (C=O) groups excluding carboxylic acids is 3. The number of rotatable bonds is 5. The number of benzene rings is 2. The molecule has 31 heavy (non-hydrogen) atoms. The Hall–Kier alpha value is -3.40. The number of amides is 3. The van der Waals surface area contributed by atoms with Gasteiger partial charge >= 0.3 is 6.18 Å². The van der Waals surface area contributed by atoms with Gasteiger partial charge in [-0.15, -0.1) is 0 Å². The molecule has 1 aliphatic heterocycles. The Kier molecular flexibility index (Phi) is 6.03. The first-order valence-electron chi connectivity index (χ1n) is 9.38. The molecule has 0 radical (unpaired) electrons. The van der Waals surface area contributed by atoms with Crippen molar-refractivity contribution in [3.8, 4) is 11.1 Å². The van der Waals surface area contributed by atoms with E-state index in [1.54, 1.807) is 48.5 Å². The van der Waals surface area contributed by atoms with Gasteiger partial charge in [0.2, 0.25) is 5.60 Å². The van der Waals surface area contributed by atoms with Crippen LogP contribution in [-0.2, 0) is 14.4 Å². The number of carbonyl (C=O) groups is 3. The largest absolute Gasteiger partial charge is 0.390 e. The Labute approximate surface area is 175 Å². The maximum Gasteiger partial charge on any atom is 0.390 e. The van der Waals surface area contributed by atoms with Crippen LogP contribution in [0.15, 0.2) is 48.5 Å². The SMILES string of the molecule is CC(O)(C(=O)NCCC(F)(F)F)C(=O)N[C@@H]1C(=O)Nc2ccccc2-c2ccccc21. The molecule has 1 heterocycles. The van der Waals surface area contributed by atoms with E-state index in [4.69, 9.17) is 0 Å². The minimum atomic E-state index is -4.50. The van der Waals surface area contributed by atoms with Crippen LogP contribution in [0.3, 0.4) is 0 Å². The summed E-state index contributed by atoms with van der Waals surface area (Å²) in [6, 6.07) is 12.6. The molecule has 0 aliphatic carbocycles. The fourth-order valence-electron chi connectivity index (χ4n) is 3.18. The van der Waals surface area contributed by atoms with E-state index in [-0.39, 0.29) is 0 Å². The van der Waals surface area contributed by atoms with Gasteiger partial charge in [-0.2, -0.15) is 13.2 Å². The van der Waals surface area contributed by atoms with Crippen molar-refractivity contribution in [2.24, 2.45) is 0 Å².